The number of nitrogens with zero attached hydrogens (tertiary/aromatic N) is 2. The minimum Gasteiger partial charge on any atom is -0.398 e. The smallest absolute Gasteiger partial charge is 0.198 e. The zero-order valence-corrected chi connectivity index (χ0v) is 9.81. The molecule has 0 fully saturated rings. The van der Waals surface area contributed by atoms with E-state index in [2.05, 4.69) is 25.9 Å². The number of ketones is 1. The Hall–Kier alpha value is -1.75. The molecule has 0 saturated heterocycles. The molecule has 2 aromatic rings. The van der Waals surface area contributed by atoms with Crippen molar-refractivity contribution in [1.82, 2.24) is 9.97 Å². The molecule has 0 amide bonds. The van der Waals surface area contributed by atoms with E-state index < -0.39 is 0 Å². The van der Waals surface area contributed by atoms with Crippen LogP contribution in [-0.2, 0) is 0 Å². The summed E-state index contributed by atoms with van der Waals surface area (Å²) in [6, 6.07) is 5.14. The quantitative estimate of drug-likeness (QED) is 0.674. The largest absolute Gasteiger partial charge is 0.398 e. The number of benzene rings is 1. The van der Waals surface area contributed by atoms with Crippen molar-refractivity contribution >= 4 is 27.4 Å². The molecule has 0 unspecified atom stereocenters. The van der Waals surface area contributed by atoms with Gasteiger partial charge in [0.25, 0.3) is 0 Å². The van der Waals surface area contributed by atoms with Crippen molar-refractivity contribution in [3.8, 4) is 0 Å². The number of anilines is 1. The molecule has 0 aliphatic carbocycles. The molecule has 80 valence electrons. The second kappa shape index (κ2) is 4.40. The number of carbonyl (C=O) groups excluding carboxylic acids is 1. The van der Waals surface area contributed by atoms with Gasteiger partial charge in [-0.05, 0) is 18.2 Å². The third kappa shape index (κ3) is 2.09. The zero-order valence-electron chi connectivity index (χ0n) is 8.22. The van der Waals surface area contributed by atoms with Crippen LogP contribution in [-0.4, -0.2) is 15.8 Å². The molecule has 0 aliphatic heterocycles. The van der Waals surface area contributed by atoms with Crippen molar-refractivity contribution in [1.29, 1.82) is 0 Å². The number of nitrogens with two attached hydrogens (primary N) is 1. The molecule has 16 heavy (non-hydrogen) atoms. The van der Waals surface area contributed by atoms with Crippen LogP contribution in [0.1, 0.15) is 15.9 Å². The molecule has 0 radical (unpaired) electrons. The lowest BCUT2D eigenvalue weighted by atomic mass is 10.0. The summed E-state index contributed by atoms with van der Waals surface area (Å²) in [6.07, 6.45) is 4.31. The lowest BCUT2D eigenvalue weighted by Gasteiger charge is -2.04. The van der Waals surface area contributed by atoms with E-state index >= 15 is 0 Å². The molecular formula is C11H8BrN3O. The summed E-state index contributed by atoms with van der Waals surface area (Å²) in [5.41, 5.74) is 7.09. The molecule has 5 heteroatoms. The molecule has 0 spiro atoms. The fourth-order valence-corrected chi connectivity index (χ4v) is 1.69. The summed E-state index contributed by atoms with van der Waals surface area (Å²) in [7, 11) is 0. The number of carbonyl (C=O) groups is 1. The van der Waals surface area contributed by atoms with Crippen LogP contribution < -0.4 is 5.73 Å². The van der Waals surface area contributed by atoms with Crippen LogP contribution in [0.4, 0.5) is 5.69 Å². The number of hydrogen-bond donors (Lipinski definition) is 1. The Morgan fingerprint density at radius 2 is 1.94 bits per heavy atom. The van der Waals surface area contributed by atoms with Gasteiger partial charge in [-0.2, -0.15) is 0 Å². The topological polar surface area (TPSA) is 68.9 Å². The summed E-state index contributed by atoms with van der Waals surface area (Å²) in [5, 5.41) is 0. The maximum atomic E-state index is 12.0. The van der Waals surface area contributed by atoms with Crippen molar-refractivity contribution < 1.29 is 4.79 Å². The molecule has 0 saturated carbocycles. The molecule has 2 rings (SSSR count). The maximum Gasteiger partial charge on any atom is 0.198 e. The van der Waals surface area contributed by atoms with Gasteiger partial charge in [-0.15, -0.1) is 0 Å². The standard InChI is InChI=1S/C11H8BrN3O/c12-8-1-2-9(10(13)3-8)11(16)7-4-14-6-15-5-7/h1-6H,13H2. The SMILES string of the molecule is Nc1cc(Br)ccc1C(=O)c1cncnc1. The Morgan fingerprint density at radius 1 is 1.25 bits per heavy atom. The van der Waals surface area contributed by atoms with E-state index in [0.29, 0.717) is 16.8 Å². The van der Waals surface area contributed by atoms with Crippen molar-refractivity contribution in [3.63, 3.8) is 0 Å². The second-order valence-electron chi connectivity index (χ2n) is 3.19. The van der Waals surface area contributed by atoms with E-state index in [1.807, 2.05) is 0 Å². The Morgan fingerprint density at radius 3 is 2.56 bits per heavy atom. The monoisotopic (exact) mass is 277 g/mol. The van der Waals surface area contributed by atoms with Gasteiger partial charge in [0.05, 0.1) is 5.56 Å². The van der Waals surface area contributed by atoms with Gasteiger partial charge in [0.1, 0.15) is 6.33 Å². The van der Waals surface area contributed by atoms with Gasteiger partial charge in [-0.25, -0.2) is 9.97 Å². The first-order valence-corrected chi connectivity index (χ1v) is 5.32. The van der Waals surface area contributed by atoms with Gasteiger partial charge < -0.3 is 5.73 Å². The Bertz CT molecular complexity index is 528. The van der Waals surface area contributed by atoms with Crippen LogP contribution in [0.2, 0.25) is 0 Å². The average Bonchev–Trinajstić information content (AvgIpc) is 2.29. The number of hydrogen-bond acceptors (Lipinski definition) is 4. The lowest BCUT2D eigenvalue weighted by molar-refractivity contribution is 0.103. The fraction of sp³-hybridized carbons (Fsp3) is 0. The predicted molar refractivity (Wildman–Crippen MR) is 64.0 cm³/mol. The van der Waals surface area contributed by atoms with E-state index in [1.54, 1.807) is 18.2 Å². The van der Waals surface area contributed by atoms with Crippen LogP contribution in [0, 0.1) is 0 Å². The van der Waals surface area contributed by atoms with Crippen molar-refractivity contribution in [3.05, 3.63) is 52.5 Å². The normalized spacial score (nSPS) is 10.1. The summed E-state index contributed by atoms with van der Waals surface area (Å²) in [5.74, 6) is -0.175. The van der Waals surface area contributed by atoms with Crippen molar-refractivity contribution in [2.24, 2.45) is 0 Å². The van der Waals surface area contributed by atoms with Crippen LogP contribution in [0.15, 0.2) is 41.4 Å². The van der Waals surface area contributed by atoms with E-state index in [-0.39, 0.29) is 5.78 Å². The molecule has 2 N–H and O–H groups in total. The Kier molecular flexibility index (Phi) is 2.96. The summed E-state index contributed by atoms with van der Waals surface area (Å²) in [6.45, 7) is 0. The van der Waals surface area contributed by atoms with Crippen molar-refractivity contribution in [2.45, 2.75) is 0 Å². The summed E-state index contributed by atoms with van der Waals surface area (Å²) < 4.78 is 0.839. The van der Waals surface area contributed by atoms with E-state index in [9.17, 15) is 4.79 Å². The maximum absolute atomic E-state index is 12.0. The minimum absolute atomic E-state index is 0.175. The van der Waals surface area contributed by atoms with Gasteiger partial charge in [0.2, 0.25) is 0 Å². The van der Waals surface area contributed by atoms with Crippen LogP contribution in [0.3, 0.4) is 0 Å². The third-order valence-corrected chi connectivity index (χ3v) is 2.57. The highest BCUT2D eigenvalue weighted by molar-refractivity contribution is 9.10. The molecule has 4 nitrogen and oxygen atoms in total. The van der Waals surface area contributed by atoms with Gasteiger partial charge in [0.15, 0.2) is 5.78 Å². The number of nitrogen functional groups attached to an aromatic ring is 1. The minimum atomic E-state index is -0.175. The highest BCUT2D eigenvalue weighted by atomic mass is 79.9. The summed E-state index contributed by atoms with van der Waals surface area (Å²) in [4.78, 5) is 19.6. The first-order valence-electron chi connectivity index (χ1n) is 4.53. The van der Waals surface area contributed by atoms with Gasteiger partial charge in [-0.1, -0.05) is 15.9 Å². The Labute approximate surface area is 101 Å². The first kappa shape index (κ1) is 10.8. The molecule has 0 bridgehead atoms. The molecule has 1 heterocycles. The van der Waals surface area contributed by atoms with Crippen LogP contribution >= 0.6 is 15.9 Å². The third-order valence-electron chi connectivity index (χ3n) is 2.08. The van der Waals surface area contributed by atoms with Crippen LogP contribution in [0.5, 0.6) is 0 Å². The first-order chi connectivity index (χ1) is 7.68. The Balaban J connectivity index is 2.42. The van der Waals surface area contributed by atoms with E-state index in [1.165, 1.54) is 18.7 Å². The number of aromatic nitrogens is 2. The zero-order chi connectivity index (χ0) is 11.5. The molecular weight excluding hydrogens is 270 g/mol. The second-order valence-corrected chi connectivity index (χ2v) is 4.10. The average molecular weight is 278 g/mol. The van der Waals surface area contributed by atoms with Crippen LogP contribution in [0.25, 0.3) is 0 Å². The van der Waals surface area contributed by atoms with E-state index in [4.69, 9.17) is 5.73 Å². The molecule has 1 aromatic heterocycles. The number of halogens is 1. The molecule has 0 aliphatic rings. The van der Waals surface area contributed by atoms with Gasteiger partial charge >= 0.3 is 0 Å². The lowest BCUT2D eigenvalue weighted by Crippen LogP contribution is -2.06. The highest BCUT2D eigenvalue weighted by Crippen LogP contribution is 2.20. The van der Waals surface area contributed by atoms with Crippen molar-refractivity contribution in [2.75, 3.05) is 5.73 Å². The van der Waals surface area contributed by atoms with E-state index in [0.717, 1.165) is 4.47 Å². The van der Waals surface area contributed by atoms with Gasteiger partial charge in [0, 0.05) is 28.1 Å². The molecule has 0 atom stereocenters. The number of rotatable bonds is 2. The predicted octanol–water partition coefficient (Wildman–Crippen LogP) is 2.05. The summed E-state index contributed by atoms with van der Waals surface area (Å²) >= 11 is 3.29. The highest BCUT2D eigenvalue weighted by Gasteiger charge is 2.12. The van der Waals surface area contributed by atoms with Gasteiger partial charge in [-0.3, -0.25) is 4.79 Å². The molecule has 1 aromatic carbocycles. The fourth-order valence-electron chi connectivity index (χ4n) is 1.31.